The molecule has 1 atom stereocenters. The van der Waals surface area contributed by atoms with E-state index in [9.17, 15) is 9.90 Å². The number of aliphatic carboxylic acids is 1. The summed E-state index contributed by atoms with van der Waals surface area (Å²) in [6, 6.07) is 4.97. The van der Waals surface area contributed by atoms with Gasteiger partial charge in [-0.2, -0.15) is 0 Å². The monoisotopic (exact) mass is 302 g/mol. The van der Waals surface area contributed by atoms with Crippen molar-refractivity contribution in [2.45, 2.75) is 12.6 Å². The van der Waals surface area contributed by atoms with Crippen molar-refractivity contribution in [2.75, 3.05) is 12.3 Å². The van der Waals surface area contributed by atoms with Gasteiger partial charge in [0, 0.05) is 5.39 Å². The maximum Gasteiger partial charge on any atom is 0.323 e. The van der Waals surface area contributed by atoms with Gasteiger partial charge < -0.3 is 25.6 Å². The highest BCUT2D eigenvalue weighted by molar-refractivity contribution is 6.11. The maximum absolute atomic E-state index is 11.1. The average molecular weight is 302 g/mol. The van der Waals surface area contributed by atoms with Crippen molar-refractivity contribution in [1.82, 2.24) is 14.5 Å². The summed E-state index contributed by atoms with van der Waals surface area (Å²) in [6.07, 6.45) is 0.256. The van der Waals surface area contributed by atoms with Gasteiger partial charge in [0.15, 0.2) is 0 Å². The first-order valence-electron chi connectivity index (χ1n) is 6.56. The number of hydrogen-bond donors (Lipinski definition) is 4. The molecule has 0 amide bonds. The molecule has 3 rings (SSSR count). The minimum atomic E-state index is -1.02. The second kappa shape index (κ2) is 5.24. The molecule has 114 valence electrons. The summed E-state index contributed by atoms with van der Waals surface area (Å²) in [5, 5.41) is 29.1. The highest BCUT2D eigenvalue weighted by atomic mass is 16.4. The molecule has 5 N–H and O–H groups in total. The number of nitrogens with two attached hydrogens (primary N) is 1. The van der Waals surface area contributed by atoms with E-state index >= 15 is 0 Å². The fourth-order valence-electron chi connectivity index (χ4n) is 2.56. The third kappa shape index (κ3) is 2.14. The topological polar surface area (TPSA) is 134 Å². The first kappa shape index (κ1) is 14.2. The highest BCUT2D eigenvalue weighted by Crippen LogP contribution is 2.32. The van der Waals surface area contributed by atoms with Gasteiger partial charge in [0.1, 0.15) is 30.4 Å². The fourth-order valence-corrected chi connectivity index (χ4v) is 2.56. The molecule has 1 unspecified atom stereocenters. The second-order valence-electron chi connectivity index (χ2n) is 4.91. The van der Waals surface area contributed by atoms with E-state index in [1.807, 2.05) is 0 Å². The summed E-state index contributed by atoms with van der Waals surface area (Å²) in [4.78, 5) is 19.2. The Morgan fingerprint density at radius 2 is 2.14 bits per heavy atom. The number of aliphatic hydroxyl groups excluding tert-OH is 2. The van der Waals surface area contributed by atoms with Crippen LogP contribution < -0.4 is 5.73 Å². The van der Waals surface area contributed by atoms with Crippen LogP contribution >= 0.6 is 0 Å². The molecule has 1 aromatic carbocycles. The van der Waals surface area contributed by atoms with E-state index in [1.165, 1.54) is 10.9 Å². The number of nitrogens with zero attached hydrogens (tertiary/aromatic N) is 3. The summed E-state index contributed by atoms with van der Waals surface area (Å²) in [6.45, 7) is -0.677. The van der Waals surface area contributed by atoms with Crippen LogP contribution in [0.3, 0.4) is 0 Å². The molecule has 0 fully saturated rings. The summed E-state index contributed by atoms with van der Waals surface area (Å²) in [7, 11) is 0. The molecule has 0 saturated heterocycles. The molecule has 2 aromatic heterocycles. The van der Waals surface area contributed by atoms with Gasteiger partial charge in [0.05, 0.1) is 17.5 Å². The van der Waals surface area contributed by atoms with Crippen molar-refractivity contribution < 1.29 is 20.1 Å². The van der Waals surface area contributed by atoms with Gasteiger partial charge in [0.25, 0.3) is 0 Å². The Hall–Kier alpha value is -2.71. The van der Waals surface area contributed by atoms with Crippen molar-refractivity contribution in [1.29, 1.82) is 0 Å². The minimum absolute atomic E-state index is 0.231. The number of carboxylic acids is 1. The molecule has 0 spiro atoms. The van der Waals surface area contributed by atoms with Gasteiger partial charge in [0.2, 0.25) is 0 Å². The summed E-state index contributed by atoms with van der Waals surface area (Å²) in [5.74, 6) is -0.773. The van der Waals surface area contributed by atoms with Gasteiger partial charge in [-0.3, -0.25) is 4.79 Å². The van der Waals surface area contributed by atoms with Crippen LogP contribution in [0.1, 0.15) is 11.7 Å². The summed E-state index contributed by atoms with van der Waals surface area (Å²) < 4.78 is 1.53. The van der Waals surface area contributed by atoms with Crippen molar-refractivity contribution in [3.63, 3.8) is 0 Å². The third-order valence-corrected chi connectivity index (χ3v) is 3.54. The van der Waals surface area contributed by atoms with E-state index in [1.54, 1.807) is 18.2 Å². The highest BCUT2D eigenvalue weighted by Gasteiger charge is 2.18. The van der Waals surface area contributed by atoms with Crippen LogP contribution in [-0.2, 0) is 11.3 Å². The molecule has 0 bridgehead atoms. The first-order valence-corrected chi connectivity index (χ1v) is 6.56. The van der Waals surface area contributed by atoms with Crippen LogP contribution in [0.4, 0.5) is 5.82 Å². The standard InChI is InChI=1S/C14H14N4O4/c15-13-12-8-3-7(10(20)5-19)1-2-9(8)18(4-11(21)22)14(12)17-6-16-13/h1-3,6,10,19-20H,4-5H2,(H,21,22)(H2,15,16,17). The third-order valence-electron chi connectivity index (χ3n) is 3.54. The fraction of sp³-hybridized carbons (Fsp3) is 0.214. The van der Waals surface area contributed by atoms with Gasteiger partial charge in [-0.1, -0.05) is 6.07 Å². The van der Waals surface area contributed by atoms with Gasteiger partial charge >= 0.3 is 5.97 Å². The Labute approximate surface area is 124 Å². The number of benzene rings is 1. The Balaban J connectivity index is 2.38. The molecule has 0 saturated carbocycles. The number of anilines is 1. The Kier molecular flexibility index (Phi) is 3.39. The molecule has 2 heterocycles. The lowest BCUT2D eigenvalue weighted by Gasteiger charge is -2.08. The van der Waals surface area contributed by atoms with Crippen LogP contribution in [0.15, 0.2) is 24.5 Å². The predicted octanol–water partition coefficient (Wildman–Crippen LogP) is 0.277. The molecular formula is C14H14N4O4. The number of aromatic nitrogens is 3. The van der Waals surface area contributed by atoms with E-state index in [4.69, 9.17) is 15.9 Å². The van der Waals surface area contributed by atoms with Crippen molar-refractivity contribution in [3.05, 3.63) is 30.1 Å². The number of carboxylic acid groups (broad SMARTS) is 1. The van der Waals surface area contributed by atoms with E-state index in [2.05, 4.69) is 9.97 Å². The van der Waals surface area contributed by atoms with Crippen molar-refractivity contribution in [3.8, 4) is 0 Å². The lowest BCUT2D eigenvalue weighted by Crippen LogP contribution is -2.09. The average Bonchev–Trinajstić information content (AvgIpc) is 2.81. The Bertz CT molecular complexity index is 874. The summed E-state index contributed by atoms with van der Waals surface area (Å²) >= 11 is 0. The van der Waals surface area contributed by atoms with Crippen LogP contribution in [0.5, 0.6) is 0 Å². The summed E-state index contributed by atoms with van der Waals surface area (Å²) in [5.41, 5.74) is 7.45. The second-order valence-corrected chi connectivity index (χ2v) is 4.91. The zero-order valence-electron chi connectivity index (χ0n) is 11.5. The molecule has 0 aliphatic carbocycles. The van der Waals surface area contributed by atoms with Crippen molar-refractivity contribution >= 4 is 33.7 Å². The van der Waals surface area contributed by atoms with Crippen LogP contribution in [0, 0.1) is 0 Å². The zero-order valence-corrected chi connectivity index (χ0v) is 11.5. The normalized spacial score (nSPS) is 12.8. The first-order chi connectivity index (χ1) is 10.5. The Morgan fingerprint density at radius 1 is 1.36 bits per heavy atom. The van der Waals surface area contributed by atoms with E-state index in [0.29, 0.717) is 27.5 Å². The molecule has 8 heteroatoms. The van der Waals surface area contributed by atoms with Crippen molar-refractivity contribution in [2.24, 2.45) is 0 Å². The minimum Gasteiger partial charge on any atom is -0.480 e. The quantitative estimate of drug-likeness (QED) is 0.543. The van der Waals surface area contributed by atoms with E-state index in [0.717, 1.165) is 0 Å². The lowest BCUT2D eigenvalue weighted by atomic mass is 10.1. The Morgan fingerprint density at radius 3 is 2.82 bits per heavy atom. The molecule has 0 aliphatic heterocycles. The number of hydrogen-bond acceptors (Lipinski definition) is 6. The molecular weight excluding hydrogens is 288 g/mol. The number of aliphatic hydroxyl groups is 2. The number of rotatable bonds is 4. The largest absolute Gasteiger partial charge is 0.480 e. The van der Waals surface area contributed by atoms with Crippen LogP contribution in [0.2, 0.25) is 0 Å². The zero-order chi connectivity index (χ0) is 15.9. The maximum atomic E-state index is 11.1. The van der Waals surface area contributed by atoms with Gasteiger partial charge in [-0.15, -0.1) is 0 Å². The number of fused-ring (bicyclic) bond motifs is 3. The number of nitrogen functional groups attached to an aromatic ring is 1. The van der Waals surface area contributed by atoms with E-state index < -0.39 is 18.7 Å². The van der Waals surface area contributed by atoms with Crippen LogP contribution in [-0.4, -0.2) is 42.4 Å². The molecule has 3 aromatic rings. The molecule has 0 aliphatic rings. The van der Waals surface area contributed by atoms with Gasteiger partial charge in [-0.25, -0.2) is 9.97 Å². The number of carbonyl (C=O) groups is 1. The van der Waals surface area contributed by atoms with E-state index in [-0.39, 0.29) is 12.4 Å². The molecule has 22 heavy (non-hydrogen) atoms. The SMILES string of the molecule is Nc1ncnc2c1c1cc(C(O)CO)ccc1n2CC(=O)O. The lowest BCUT2D eigenvalue weighted by molar-refractivity contribution is -0.137. The molecule has 8 nitrogen and oxygen atoms in total. The van der Waals surface area contributed by atoms with Gasteiger partial charge in [-0.05, 0) is 17.7 Å². The smallest absolute Gasteiger partial charge is 0.323 e. The molecule has 0 radical (unpaired) electrons. The predicted molar refractivity (Wildman–Crippen MR) is 79.1 cm³/mol. The van der Waals surface area contributed by atoms with Crippen LogP contribution in [0.25, 0.3) is 21.9 Å².